The number of fused-ring (bicyclic) bond motifs is 5. The molecule has 4 atom stereocenters. The van der Waals surface area contributed by atoms with Crippen LogP contribution < -0.4 is 4.74 Å². The van der Waals surface area contributed by atoms with Gasteiger partial charge in [0.25, 0.3) is 17.7 Å². The molecule has 0 unspecified atom stereocenters. The van der Waals surface area contributed by atoms with Crippen molar-refractivity contribution in [2.45, 2.75) is 19.3 Å². The van der Waals surface area contributed by atoms with E-state index >= 15 is 0 Å². The Morgan fingerprint density at radius 1 is 0.775 bits per heavy atom. The number of amides is 3. The smallest absolute Gasteiger partial charge is 0.343 e. The average Bonchev–Trinajstić information content (AvgIpc) is 3.66. The highest BCUT2D eigenvalue weighted by atomic mass is 35.5. The maximum Gasteiger partial charge on any atom is 0.343 e. The number of hydrogen-bond acceptors (Lipinski definition) is 6. The number of hydrogen-bond donors (Lipinski definition) is 0. The highest BCUT2D eigenvalue weighted by Crippen LogP contribution is 2.56. The van der Waals surface area contributed by atoms with Crippen molar-refractivity contribution in [2.24, 2.45) is 23.7 Å². The molecular formula is C31H25ClN2O6. The lowest BCUT2D eigenvalue weighted by atomic mass is 9.81. The molecule has 1 aliphatic heterocycles. The van der Waals surface area contributed by atoms with Crippen molar-refractivity contribution < 1.29 is 28.7 Å². The molecule has 202 valence electrons. The van der Waals surface area contributed by atoms with E-state index in [1.807, 2.05) is 0 Å². The molecule has 2 bridgehead atoms. The van der Waals surface area contributed by atoms with Gasteiger partial charge in [0.1, 0.15) is 12.3 Å². The molecule has 2 aliphatic carbocycles. The van der Waals surface area contributed by atoms with Crippen molar-refractivity contribution in [3.05, 3.63) is 101 Å². The maximum absolute atomic E-state index is 13.6. The molecule has 3 amide bonds. The van der Waals surface area contributed by atoms with Crippen molar-refractivity contribution >= 4 is 41.1 Å². The number of hydrazine groups is 1. The highest BCUT2D eigenvalue weighted by molar-refractivity contribution is 6.30. The molecule has 2 saturated carbocycles. The predicted octanol–water partition coefficient (Wildman–Crippen LogP) is 4.83. The van der Waals surface area contributed by atoms with Crippen LogP contribution in [0.4, 0.5) is 0 Å². The summed E-state index contributed by atoms with van der Waals surface area (Å²) in [4.78, 5) is 66.4. The lowest BCUT2D eigenvalue weighted by molar-refractivity contribution is -0.155. The van der Waals surface area contributed by atoms with Gasteiger partial charge in [0.2, 0.25) is 0 Å². The van der Waals surface area contributed by atoms with Gasteiger partial charge in [-0.1, -0.05) is 29.8 Å². The van der Waals surface area contributed by atoms with Crippen LogP contribution in [-0.2, 0) is 9.59 Å². The quantitative estimate of drug-likeness (QED) is 0.179. The molecule has 9 heteroatoms. The predicted molar refractivity (Wildman–Crippen MR) is 144 cm³/mol. The third-order valence-corrected chi connectivity index (χ3v) is 8.41. The van der Waals surface area contributed by atoms with Gasteiger partial charge in [-0.15, -0.1) is 0 Å². The fraction of sp³-hybridized carbons (Fsp3) is 0.258. The highest BCUT2D eigenvalue weighted by Gasteiger charge is 2.62. The standard InChI is InChI=1S/C31H25ClN2O6/c32-23-12-8-19(9-13-23)28(36)33(34-29(37)26-21-6-7-22(16-21)27(26)30(34)38)17-25(35)18-10-14-24(15-11-18)40-31(39)20-4-2-1-3-5-20/h1-5,8-15,21-22,26-27H,6-7,16-17H2/t21-,22-,26+,27+/m0/s1. The van der Waals surface area contributed by atoms with Crippen LogP contribution in [0, 0.1) is 23.7 Å². The zero-order valence-electron chi connectivity index (χ0n) is 21.4. The Bertz CT molecular complexity index is 1480. The summed E-state index contributed by atoms with van der Waals surface area (Å²) in [5.41, 5.74) is 0.811. The van der Waals surface area contributed by atoms with Crippen LogP contribution in [0.25, 0.3) is 0 Å². The molecule has 40 heavy (non-hydrogen) atoms. The monoisotopic (exact) mass is 556 g/mol. The normalized spacial score (nSPS) is 22.8. The second kappa shape index (κ2) is 10.4. The number of nitrogens with zero attached hydrogens (tertiary/aromatic N) is 2. The van der Waals surface area contributed by atoms with Crippen LogP contribution in [0.15, 0.2) is 78.9 Å². The summed E-state index contributed by atoms with van der Waals surface area (Å²) >= 11 is 5.99. The van der Waals surface area contributed by atoms with Crippen LogP contribution in [0.1, 0.15) is 50.3 Å². The van der Waals surface area contributed by atoms with Crippen LogP contribution in [0.3, 0.4) is 0 Å². The number of esters is 1. The Morgan fingerprint density at radius 3 is 1.95 bits per heavy atom. The maximum atomic E-state index is 13.6. The van der Waals surface area contributed by atoms with Gasteiger partial charge in [0.05, 0.1) is 17.4 Å². The number of ketones is 1. The second-order valence-electron chi connectivity index (χ2n) is 10.4. The molecular weight excluding hydrogens is 532 g/mol. The van der Waals surface area contributed by atoms with Crippen LogP contribution >= 0.6 is 11.6 Å². The van der Waals surface area contributed by atoms with Crippen LogP contribution in [0.2, 0.25) is 5.02 Å². The third-order valence-electron chi connectivity index (χ3n) is 8.16. The van der Waals surface area contributed by atoms with E-state index in [0.29, 0.717) is 10.6 Å². The summed E-state index contributed by atoms with van der Waals surface area (Å²) in [5.74, 6) is -2.88. The van der Waals surface area contributed by atoms with Crippen molar-refractivity contribution in [1.29, 1.82) is 0 Å². The van der Waals surface area contributed by atoms with Gasteiger partial charge in [-0.05, 0) is 91.8 Å². The lowest BCUT2D eigenvalue weighted by Gasteiger charge is -2.30. The van der Waals surface area contributed by atoms with Crippen LogP contribution in [0.5, 0.6) is 5.75 Å². The molecule has 0 radical (unpaired) electrons. The van der Waals surface area contributed by atoms with E-state index in [2.05, 4.69) is 0 Å². The first-order valence-corrected chi connectivity index (χ1v) is 13.6. The van der Waals surface area contributed by atoms with E-state index in [0.717, 1.165) is 29.3 Å². The van der Waals surface area contributed by atoms with Crippen molar-refractivity contribution in [2.75, 3.05) is 6.54 Å². The molecule has 3 aromatic rings. The summed E-state index contributed by atoms with van der Waals surface area (Å²) < 4.78 is 5.38. The van der Waals surface area contributed by atoms with Gasteiger partial charge in [-0.3, -0.25) is 19.2 Å². The summed E-state index contributed by atoms with van der Waals surface area (Å²) in [5, 5.41) is 2.30. The number of Topliss-reactive ketones (excluding diaryl/α,β-unsaturated/α-hetero) is 1. The van der Waals surface area contributed by atoms with Gasteiger partial charge in [-0.2, -0.15) is 5.01 Å². The molecule has 1 heterocycles. The Kier molecular flexibility index (Phi) is 6.72. The van der Waals surface area contributed by atoms with E-state index in [-0.39, 0.29) is 28.7 Å². The minimum absolute atomic E-state index is 0.130. The van der Waals surface area contributed by atoms with Crippen LogP contribution in [-0.4, -0.2) is 46.0 Å². The van der Waals surface area contributed by atoms with E-state index < -0.39 is 47.9 Å². The number of ether oxygens (including phenoxy) is 1. The molecule has 0 aromatic heterocycles. The Morgan fingerprint density at radius 2 is 1.35 bits per heavy atom. The molecule has 6 rings (SSSR count). The van der Waals surface area contributed by atoms with E-state index in [4.69, 9.17) is 16.3 Å². The zero-order chi connectivity index (χ0) is 28.0. The topological polar surface area (TPSA) is 101 Å². The van der Waals surface area contributed by atoms with E-state index in [9.17, 15) is 24.0 Å². The van der Waals surface area contributed by atoms with Crippen molar-refractivity contribution in [1.82, 2.24) is 10.0 Å². The number of benzene rings is 3. The fourth-order valence-electron chi connectivity index (χ4n) is 6.28. The molecule has 0 N–H and O–H groups in total. The lowest BCUT2D eigenvalue weighted by Crippen LogP contribution is -2.52. The molecule has 3 aliphatic rings. The first-order valence-electron chi connectivity index (χ1n) is 13.2. The molecule has 3 aromatic carbocycles. The Hall–Kier alpha value is -4.30. The average molecular weight is 557 g/mol. The molecule has 0 spiro atoms. The van der Waals surface area contributed by atoms with E-state index in [1.54, 1.807) is 30.3 Å². The Labute approximate surface area is 235 Å². The first-order chi connectivity index (χ1) is 19.3. The molecule has 1 saturated heterocycles. The summed E-state index contributed by atoms with van der Waals surface area (Å²) in [6.45, 7) is -0.517. The number of rotatable bonds is 7. The van der Waals surface area contributed by atoms with E-state index in [1.165, 1.54) is 48.5 Å². The zero-order valence-corrected chi connectivity index (χ0v) is 22.1. The van der Waals surface area contributed by atoms with Gasteiger partial charge < -0.3 is 4.74 Å². The largest absolute Gasteiger partial charge is 0.423 e. The van der Waals surface area contributed by atoms with Gasteiger partial charge >= 0.3 is 5.97 Å². The number of imide groups is 1. The minimum atomic E-state index is -0.646. The third kappa shape index (κ3) is 4.58. The molecule has 3 fully saturated rings. The van der Waals surface area contributed by atoms with Gasteiger partial charge in [-0.25, -0.2) is 9.80 Å². The van der Waals surface area contributed by atoms with Gasteiger partial charge in [0.15, 0.2) is 5.78 Å². The summed E-state index contributed by atoms with van der Waals surface area (Å²) in [7, 11) is 0. The first kappa shape index (κ1) is 26.0. The number of carbonyl (C=O) groups excluding carboxylic acids is 5. The summed E-state index contributed by atoms with van der Waals surface area (Å²) in [6.07, 6.45) is 2.64. The van der Waals surface area contributed by atoms with Crippen molar-refractivity contribution in [3.8, 4) is 5.75 Å². The second-order valence-corrected chi connectivity index (χ2v) is 10.9. The molecule has 8 nitrogen and oxygen atoms in total. The number of halogens is 1. The SMILES string of the molecule is O=C(CN(C(=O)c1ccc(Cl)cc1)N1C(=O)[C@@H]2[C@H]3CC[C@@H](C3)[C@H]2C1=O)c1ccc(OC(=O)c2ccccc2)cc1. The fourth-order valence-corrected chi connectivity index (χ4v) is 6.41. The summed E-state index contributed by atoms with van der Waals surface area (Å²) in [6, 6.07) is 20.5. The van der Waals surface area contributed by atoms with Gasteiger partial charge in [0, 0.05) is 16.1 Å². The Balaban J connectivity index is 1.24. The minimum Gasteiger partial charge on any atom is -0.423 e. The van der Waals surface area contributed by atoms with Crippen molar-refractivity contribution in [3.63, 3.8) is 0 Å². The number of carbonyl (C=O) groups is 5.